The maximum Gasteiger partial charge on any atom is 0.119 e. The van der Waals surface area contributed by atoms with E-state index >= 15 is 0 Å². The largest absolute Gasteiger partial charge is 0.491 e. The molecule has 0 bridgehead atoms. The van der Waals surface area contributed by atoms with Gasteiger partial charge in [0, 0.05) is 11.5 Å². The van der Waals surface area contributed by atoms with E-state index in [4.69, 9.17) is 9.47 Å². The number of nitrogens with one attached hydrogen (secondary N) is 1. The number of hydrogen-bond donors (Lipinski definition) is 1. The van der Waals surface area contributed by atoms with Gasteiger partial charge in [-0.3, -0.25) is 0 Å². The summed E-state index contributed by atoms with van der Waals surface area (Å²) in [7, 11) is 2.08. The second-order valence-electron chi connectivity index (χ2n) is 6.04. The molecule has 2 atom stereocenters. The molecular formula is C17H25NO2. The Bertz CT molecular complexity index is 414. The van der Waals surface area contributed by atoms with Gasteiger partial charge in [-0.1, -0.05) is 31.0 Å². The van der Waals surface area contributed by atoms with E-state index in [1.807, 2.05) is 30.3 Å². The average molecular weight is 275 g/mol. The van der Waals surface area contributed by atoms with E-state index in [1.54, 1.807) is 0 Å². The second kappa shape index (κ2) is 6.15. The van der Waals surface area contributed by atoms with Crippen molar-refractivity contribution < 1.29 is 9.47 Å². The van der Waals surface area contributed by atoms with Crippen LogP contribution in [0.25, 0.3) is 0 Å². The van der Waals surface area contributed by atoms with Crippen LogP contribution in [0.4, 0.5) is 0 Å². The Morgan fingerprint density at radius 2 is 1.90 bits per heavy atom. The van der Waals surface area contributed by atoms with E-state index in [-0.39, 0.29) is 0 Å². The molecule has 1 aromatic carbocycles. The summed E-state index contributed by atoms with van der Waals surface area (Å²) in [5.74, 6) is 0.924. The first kappa shape index (κ1) is 13.9. The summed E-state index contributed by atoms with van der Waals surface area (Å²) < 4.78 is 11.8. The minimum Gasteiger partial charge on any atom is -0.491 e. The van der Waals surface area contributed by atoms with Gasteiger partial charge in [0.15, 0.2) is 0 Å². The third kappa shape index (κ3) is 2.57. The van der Waals surface area contributed by atoms with Gasteiger partial charge in [0.1, 0.15) is 12.4 Å². The minimum absolute atomic E-state index is 0.418. The molecule has 110 valence electrons. The fourth-order valence-electron chi connectivity index (χ4n) is 3.96. The van der Waals surface area contributed by atoms with E-state index in [1.165, 1.54) is 25.7 Å². The number of para-hydroxylation sites is 1. The lowest BCUT2D eigenvalue weighted by atomic mass is 9.60. The molecular weight excluding hydrogens is 250 g/mol. The minimum atomic E-state index is 0.418. The van der Waals surface area contributed by atoms with Crippen LogP contribution in [0.2, 0.25) is 0 Å². The smallest absolute Gasteiger partial charge is 0.119 e. The van der Waals surface area contributed by atoms with Crippen molar-refractivity contribution in [2.45, 2.75) is 44.2 Å². The fraction of sp³-hybridized carbons (Fsp3) is 0.647. The fourth-order valence-corrected chi connectivity index (χ4v) is 3.96. The normalized spacial score (nSPS) is 27.4. The Morgan fingerprint density at radius 3 is 2.60 bits per heavy atom. The molecule has 0 saturated heterocycles. The van der Waals surface area contributed by atoms with Gasteiger partial charge in [0.25, 0.3) is 0 Å². The summed E-state index contributed by atoms with van der Waals surface area (Å²) in [5, 5.41) is 3.47. The molecule has 2 fully saturated rings. The molecule has 0 radical (unpaired) electrons. The molecule has 2 aliphatic rings. The molecule has 0 heterocycles. The Labute approximate surface area is 121 Å². The number of ether oxygens (including phenoxy) is 2. The zero-order chi connectivity index (χ0) is 13.8. The maximum absolute atomic E-state index is 6.10. The van der Waals surface area contributed by atoms with E-state index in [9.17, 15) is 0 Å². The van der Waals surface area contributed by atoms with Crippen LogP contribution in [0, 0.1) is 5.41 Å². The van der Waals surface area contributed by atoms with Gasteiger partial charge in [-0.2, -0.15) is 0 Å². The molecule has 3 nitrogen and oxygen atoms in total. The Kier molecular flexibility index (Phi) is 4.27. The molecule has 1 aromatic rings. The van der Waals surface area contributed by atoms with Gasteiger partial charge < -0.3 is 14.8 Å². The molecule has 1 spiro atoms. The molecule has 3 rings (SSSR count). The molecule has 0 aromatic heterocycles. The molecule has 0 aliphatic heterocycles. The summed E-state index contributed by atoms with van der Waals surface area (Å²) in [6.45, 7) is 1.33. The van der Waals surface area contributed by atoms with Gasteiger partial charge >= 0.3 is 0 Å². The highest BCUT2D eigenvalue weighted by Crippen LogP contribution is 2.54. The van der Waals surface area contributed by atoms with Crippen molar-refractivity contribution in [1.82, 2.24) is 5.32 Å². The first-order valence-corrected chi connectivity index (χ1v) is 7.82. The Morgan fingerprint density at radius 1 is 1.15 bits per heavy atom. The SMILES string of the molecule is CNC1CC(OCCOc2ccccc2)C12CCCC2. The van der Waals surface area contributed by atoms with Gasteiger partial charge in [-0.25, -0.2) is 0 Å². The molecule has 2 aliphatic carbocycles. The molecule has 2 saturated carbocycles. The lowest BCUT2D eigenvalue weighted by molar-refractivity contribution is -0.135. The second-order valence-corrected chi connectivity index (χ2v) is 6.04. The van der Waals surface area contributed by atoms with Gasteiger partial charge in [-0.15, -0.1) is 0 Å². The summed E-state index contributed by atoms with van der Waals surface area (Å²) >= 11 is 0. The summed E-state index contributed by atoms with van der Waals surface area (Å²) in [4.78, 5) is 0. The third-order valence-corrected chi connectivity index (χ3v) is 5.08. The first-order valence-electron chi connectivity index (χ1n) is 7.82. The van der Waals surface area contributed by atoms with Gasteiger partial charge in [0.2, 0.25) is 0 Å². The van der Waals surface area contributed by atoms with E-state index in [0.29, 0.717) is 30.8 Å². The number of hydrogen-bond acceptors (Lipinski definition) is 3. The van der Waals surface area contributed by atoms with Gasteiger partial charge in [0.05, 0.1) is 12.7 Å². The van der Waals surface area contributed by atoms with E-state index in [2.05, 4.69) is 12.4 Å². The standard InChI is InChI=1S/C17H25NO2/c1-18-15-13-16(17(15)9-5-6-10-17)20-12-11-19-14-7-3-2-4-8-14/h2-4,7-8,15-16,18H,5-6,9-13H2,1H3. The highest BCUT2D eigenvalue weighted by Gasteiger charge is 2.55. The summed E-state index contributed by atoms with van der Waals surface area (Å²) in [6, 6.07) is 10.6. The number of benzene rings is 1. The highest BCUT2D eigenvalue weighted by atomic mass is 16.5. The molecule has 0 amide bonds. The van der Waals surface area contributed by atoms with E-state index < -0.39 is 0 Å². The molecule has 3 heteroatoms. The van der Waals surface area contributed by atoms with Crippen LogP contribution in [0.1, 0.15) is 32.1 Å². The monoisotopic (exact) mass is 275 g/mol. The zero-order valence-corrected chi connectivity index (χ0v) is 12.3. The summed E-state index contributed by atoms with van der Waals surface area (Å²) in [5.41, 5.74) is 0.418. The predicted molar refractivity (Wildman–Crippen MR) is 80.0 cm³/mol. The van der Waals surface area contributed by atoms with Crippen molar-refractivity contribution >= 4 is 0 Å². The van der Waals surface area contributed by atoms with E-state index in [0.717, 1.165) is 12.2 Å². The molecule has 1 N–H and O–H groups in total. The van der Waals surface area contributed by atoms with Gasteiger partial charge in [-0.05, 0) is 38.4 Å². The molecule has 2 unspecified atom stereocenters. The molecule has 20 heavy (non-hydrogen) atoms. The summed E-state index contributed by atoms with van der Waals surface area (Å²) in [6.07, 6.45) is 6.95. The predicted octanol–water partition coefficient (Wildman–Crippen LogP) is 3.00. The van der Waals surface area contributed by atoms with Crippen molar-refractivity contribution in [2.75, 3.05) is 20.3 Å². The van der Waals surface area contributed by atoms with Crippen molar-refractivity contribution in [2.24, 2.45) is 5.41 Å². The Hall–Kier alpha value is -1.06. The zero-order valence-electron chi connectivity index (χ0n) is 12.3. The van der Waals surface area contributed by atoms with Crippen LogP contribution in [0.5, 0.6) is 5.75 Å². The number of rotatable bonds is 6. The lowest BCUT2D eigenvalue weighted by Crippen LogP contribution is -2.62. The van der Waals surface area contributed by atoms with Crippen molar-refractivity contribution in [3.8, 4) is 5.75 Å². The third-order valence-electron chi connectivity index (χ3n) is 5.08. The van der Waals surface area contributed by atoms with Crippen LogP contribution in [-0.2, 0) is 4.74 Å². The Balaban J connectivity index is 1.43. The van der Waals surface area contributed by atoms with Crippen molar-refractivity contribution in [1.29, 1.82) is 0 Å². The highest BCUT2D eigenvalue weighted by molar-refractivity contribution is 5.20. The average Bonchev–Trinajstić information content (AvgIpc) is 2.99. The first-order chi connectivity index (χ1) is 9.85. The van der Waals surface area contributed by atoms with Crippen LogP contribution >= 0.6 is 0 Å². The quantitative estimate of drug-likeness (QED) is 0.810. The van der Waals surface area contributed by atoms with Crippen molar-refractivity contribution in [3.05, 3.63) is 30.3 Å². The topological polar surface area (TPSA) is 30.5 Å². The van der Waals surface area contributed by atoms with Crippen LogP contribution < -0.4 is 10.1 Å². The maximum atomic E-state index is 6.10. The lowest BCUT2D eigenvalue weighted by Gasteiger charge is -2.54. The van der Waals surface area contributed by atoms with Crippen LogP contribution in [-0.4, -0.2) is 32.4 Å². The van der Waals surface area contributed by atoms with Crippen molar-refractivity contribution in [3.63, 3.8) is 0 Å². The van der Waals surface area contributed by atoms with Crippen LogP contribution in [0.15, 0.2) is 30.3 Å². The van der Waals surface area contributed by atoms with Crippen LogP contribution in [0.3, 0.4) is 0 Å².